The first-order valence-corrected chi connectivity index (χ1v) is 8.11. The number of amides is 1. The molecule has 7 heteroatoms. The van der Waals surface area contributed by atoms with Gasteiger partial charge in [-0.15, -0.1) is 0 Å². The Morgan fingerprint density at radius 2 is 2.25 bits per heavy atom. The minimum atomic E-state index is -0.359. The molecule has 2 aromatic heterocycles. The third kappa shape index (κ3) is 3.45. The summed E-state index contributed by atoms with van der Waals surface area (Å²) in [6.07, 6.45) is 4.92. The van der Waals surface area contributed by atoms with Gasteiger partial charge in [0, 0.05) is 37.1 Å². The SMILES string of the molecule is CCOc1ncccc1C(=O)N1CCC[C@@H](c2ccnc(=O)[nH]2)C1. The number of likely N-dealkylation sites (tertiary alicyclic amines) is 1. The molecule has 0 unspecified atom stereocenters. The predicted molar refractivity (Wildman–Crippen MR) is 88.1 cm³/mol. The Morgan fingerprint density at radius 1 is 1.38 bits per heavy atom. The maximum absolute atomic E-state index is 12.9. The molecule has 24 heavy (non-hydrogen) atoms. The van der Waals surface area contributed by atoms with Crippen LogP contribution in [0, 0.1) is 0 Å². The summed E-state index contributed by atoms with van der Waals surface area (Å²) in [6.45, 7) is 3.56. The molecule has 3 heterocycles. The van der Waals surface area contributed by atoms with Crippen LogP contribution in [0.25, 0.3) is 0 Å². The molecule has 1 amide bonds. The van der Waals surface area contributed by atoms with E-state index in [1.165, 1.54) is 6.20 Å². The van der Waals surface area contributed by atoms with Crippen molar-refractivity contribution < 1.29 is 9.53 Å². The smallest absolute Gasteiger partial charge is 0.345 e. The average Bonchev–Trinajstić information content (AvgIpc) is 2.62. The Labute approximate surface area is 139 Å². The molecule has 1 atom stereocenters. The molecule has 0 bridgehead atoms. The second-order valence-corrected chi connectivity index (χ2v) is 5.71. The van der Waals surface area contributed by atoms with E-state index in [0.717, 1.165) is 18.5 Å². The molecule has 3 rings (SSSR count). The Kier molecular flexibility index (Phi) is 4.88. The van der Waals surface area contributed by atoms with Gasteiger partial charge in [0.05, 0.1) is 6.61 Å². The topological polar surface area (TPSA) is 88.2 Å². The highest BCUT2D eigenvalue weighted by atomic mass is 16.5. The summed E-state index contributed by atoms with van der Waals surface area (Å²) in [5.41, 5.74) is 0.939. The molecule has 0 radical (unpaired) electrons. The maximum atomic E-state index is 12.9. The molecule has 1 N–H and O–H groups in total. The standard InChI is InChI=1S/C17H20N4O3/c1-2-24-15-13(6-3-8-18-15)16(22)21-10-4-5-12(11-21)14-7-9-19-17(23)20-14/h3,6-9,12H,2,4-5,10-11H2,1H3,(H,19,20,23)/t12-/m1/s1. The zero-order valence-electron chi connectivity index (χ0n) is 13.6. The Balaban J connectivity index is 1.80. The van der Waals surface area contributed by atoms with Crippen LogP contribution in [0.15, 0.2) is 35.4 Å². The lowest BCUT2D eigenvalue weighted by Gasteiger charge is -2.32. The van der Waals surface area contributed by atoms with Crippen molar-refractivity contribution in [3.63, 3.8) is 0 Å². The third-order valence-corrected chi connectivity index (χ3v) is 4.13. The monoisotopic (exact) mass is 328 g/mol. The number of aromatic amines is 1. The number of hydrogen-bond donors (Lipinski definition) is 1. The number of aromatic nitrogens is 3. The Morgan fingerprint density at radius 3 is 3.04 bits per heavy atom. The van der Waals surface area contributed by atoms with Crippen LogP contribution in [0.2, 0.25) is 0 Å². The Hall–Kier alpha value is -2.70. The molecule has 1 fully saturated rings. The first-order valence-electron chi connectivity index (χ1n) is 8.11. The van der Waals surface area contributed by atoms with Crippen molar-refractivity contribution in [2.75, 3.05) is 19.7 Å². The van der Waals surface area contributed by atoms with Crippen molar-refractivity contribution >= 4 is 5.91 Å². The number of nitrogens with zero attached hydrogens (tertiary/aromatic N) is 3. The van der Waals surface area contributed by atoms with Gasteiger partial charge in [-0.05, 0) is 38.0 Å². The minimum Gasteiger partial charge on any atom is -0.477 e. The van der Waals surface area contributed by atoms with Crippen molar-refractivity contribution in [1.82, 2.24) is 19.9 Å². The van der Waals surface area contributed by atoms with Crippen LogP contribution >= 0.6 is 0 Å². The number of nitrogens with one attached hydrogen (secondary N) is 1. The van der Waals surface area contributed by atoms with Crippen LogP contribution in [-0.4, -0.2) is 45.5 Å². The molecule has 126 valence electrons. The summed E-state index contributed by atoms with van der Waals surface area (Å²) in [6, 6.07) is 5.27. The van der Waals surface area contributed by atoms with E-state index in [9.17, 15) is 9.59 Å². The van der Waals surface area contributed by atoms with Crippen LogP contribution in [0.1, 0.15) is 41.7 Å². The lowest BCUT2D eigenvalue weighted by molar-refractivity contribution is 0.0700. The molecular formula is C17H20N4O3. The number of carbonyl (C=O) groups is 1. The molecule has 0 spiro atoms. The highest BCUT2D eigenvalue weighted by Crippen LogP contribution is 2.27. The fourth-order valence-electron chi connectivity index (χ4n) is 3.01. The number of pyridine rings is 1. The van der Waals surface area contributed by atoms with Crippen LogP contribution in [0.3, 0.4) is 0 Å². The number of ether oxygens (including phenoxy) is 1. The number of H-pyrrole nitrogens is 1. The number of rotatable bonds is 4. The van der Waals surface area contributed by atoms with E-state index in [1.54, 1.807) is 29.3 Å². The van der Waals surface area contributed by atoms with Gasteiger partial charge >= 0.3 is 5.69 Å². The van der Waals surface area contributed by atoms with Crippen molar-refractivity contribution in [2.24, 2.45) is 0 Å². The third-order valence-electron chi connectivity index (χ3n) is 4.13. The lowest BCUT2D eigenvalue weighted by atomic mass is 9.94. The van der Waals surface area contributed by atoms with Gasteiger partial charge in [-0.1, -0.05) is 0 Å². The van der Waals surface area contributed by atoms with Crippen LogP contribution in [0.4, 0.5) is 0 Å². The van der Waals surface area contributed by atoms with Gasteiger partial charge in [0.15, 0.2) is 0 Å². The summed E-state index contributed by atoms with van der Waals surface area (Å²) in [5, 5.41) is 0. The van der Waals surface area contributed by atoms with Gasteiger partial charge in [-0.3, -0.25) is 4.79 Å². The second kappa shape index (κ2) is 7.25. The van der Waals surface area contributed by atoms with E-state index in [1.807, 2.05) is 6.92 Å². The second-order valence-electron chi connectivity index (χ2n) is 5.71. The van der Waals surface area contributed by atoms with Crippen molar-refractivity contribution in [2.45, 2.75) is 25.7 Å². The van der Waals surface area contributed by atoms with Gasteiger partial charge in [-0.2, -0.15) is 0 Å². The normalized spacial score (nSPS) is 17.5. The first kappa shape index (κ1) is 16.2. The fraction of sp³-hybridized carbons (Fsp3) is 0.412. The van der Waals surface area contributed by atoms with E-state index in [-0.39, 0.29) is 17.5 Å². The van der Waals surface area contributed by atoms with Gasteiger partial charge in [0.2, 0.25) is 5.88 Å². The molecule has 0 aliphatic carbocycles. The van der Waals surface area contributed by atoms with Crippen LogP contribution in [-0.2, 0) is 0 Å². The van der Waals surface area contributed by atoms with E-state index >= 15 is 0 Å². The summed E-state index contributed by atoms with van der Waals surface area (Å²) < 4.78 is 5.46. The predicted octanol–water partition coefficient (Wildman–Crippen LogP) is 1.58. The average molecular weight is 328 g/mol. The van der Waals surface area contributed by atoms with Gasteiger partial charge in [0.1, 0.15) is 5.56 Å². The summed E-state index contributed by atoms with van der Waals surface area (Å²) in [5.74, 6) is 0.378. The quantitative estimate of drug-likeness (QED) is 0.920. The maximum Gasteiger partial charge on any atom is 0.345 e. The lowest BCUT2D eigenvalue weighted by Crippen LogP contribution is -2.39. The van der Waals surface area contributed by atoms with E-state index < -0.39 is 0 Å². The van der Waals surface area contributed by atoms with Gasteiger partial charge in [0.25, 0.3) is 5.91 Å². The number of carbonyl (C=O) groups excluding carboxylic acids is 1. The Bertz CT molecular complexity index is 774. The van der Waals surface area contributed by atoms with E-state index in [2.05, 4.69) is 15.0 Å². The highest BCUT2D eigenvalue weighted by molar-refractivity contribution is 5.96. The van der Waals surface area contributed by atoms with Crippen LogP contribution in [0.5, 0.6) is 5.88 Å². The minimum absolute atomic E-state index is 0.0901. The van der Waals surface area contributed by atoms with Gasteiger partial charge in [-0.25, -0.2) is 14.8 Å². The molecule has 0 aromatic carbocycles. The van der Waals surface area contributed by atoms with Crippen molar-refractivity contribution in [1.29, 1.82) is 0 Å². The van der Waals surface area contributed by atoms with Gasteiger partial charge < -0.3 is 14.6 Å². The number of piperidine rings is 1. The van der Waals surface area contributed by atoms with Crippen molar-refractivity contribution in [3.8, 4) is 5.88 Å². The molecule has 1 aliphatic rings. The molecule has 1 aliphatic heterocycles. The summed E-state index contributed by atoms with van der Waals surface area (Å²) in [7, 11) is 0. The molecule has 0 saturated carbocycles. The largest absolute Gasteiger partial charge is 0.477 e. The molecule has 7 nitrogen and oxygen atoms in total. The zero-order chi connectivity index (χ0) is 16.9. The summed E-state index contributed by atoms with van der Waals surface area (Å²) >= 11 is 0. The summed E-state index contributed by atoms with van der Waals surface area (Å²) in [4.78, 5) is 36.6. The van der Waals surface area contributed by atoms with Crippen LogP contribution < -0.4 is 10.4 Å². The molecule has 2 aromatic rings. The highest BCUT2D eigenvalue weighted by Gasteiger charge is 2.27. The van der Waals surface area contributed by atoms with E-state index in [4.69, 9.17) is 4.74 Å². The molecular weight excluding hydrogens is 308 g/mol. The fourth-order valence-corrected chi connectivity index (χ4v) is 3.01. The zero-order valence-corrected chi connectivity index (χ0v) is 13.6. The number of hydrogen-bond acceptors (Lipinski definition) is 5. The van der Waals surface area contributed by atoms with E-state index in [0.29, 0.717) is 31.1 Å². The first-order chi connectivity index (χ1) is 11.7. The van der Waals surface area contributed by atoms with Crippen molar-refractivity contribution in [3.05, 3.63) is 52.3 Å². The molecule has 1 saturated heterocycles.